The minimum Gasteiger partial charge on any atom is -0.481 e. The first-order chi connectivity index (χ1) is 9.04. The number of hydrogen-bond donors (Lipinski definition) is 2. The summed E-state index contributed by atoms with van der Waals surface area (Å²) in [5.41, 5.74) is 0. The lowest BCUT2D eigenvalue weighted by molar-refractivity contribution is -0.143. The Labute approximate surface area is 114 Å². The third-order valence-electron chi connectivity index (χ3n) is 3.54. The van der Waals surface area contributed by atoms with Gasteiger partial charge in [-0.15, -0.1) is 0 Å². The van der Waals surface area contributed by atoms with E-state index in [1.807, 2.05) is 0 Å². The van der Waals surface area contributed by atoms with Crippen LogP contribution in [0.4, 0.5) is 4.79 Å². The molecule has 1 aliphatic carbocycles. The number of urea groups is 1. The Hall–Kier alpha value is -1.30. The number of carbonyl (C=O) groups is 2. The molecule has 110 valence electrons. The van der Waals surface area contributed by atoms with Crippen LogP contribution in [0.5, 0.6) is 0 Å². The molecular formula is C13H24N2O4. The summed E-state index contributed by atoms with van der Waals surface area (Å²) < 4.78 is 4.94. The predicted octanol–water partition coefficient (Wildman–Crippen LogP) is 1.31. The highest BCUT2D eigenvalue weighted by Crippen LogP contribution is 2.24. The number of amides is 2. The fourth-order valence-corrected chi connectivity index (χ4v) is 2.38. The van der Waals surface area contributed by atoms with Crippen LogP contribution in [-0.2, 0) is 9.53 Å². The van der Waals surface area contributed by atoms with Gasteiger partial charge in [0.2, 0.25) is 0 Å². The minimum absolute atomic E-state index is 0.0211. The van der Waals surface area contributed by atoms with E-state index in [1.165, 1.54) is 0 Å². The Morgan fingerprint density at radius 1 is 1.42 bits per heavy atom. The number of hydrogen-bond acceptors (Lipinski definition) is 3. The molecule has 1 fully saturated rings. The number of rotatable bonds is 6. The maximum atomic E-state index is 11.9. The van der Waals surface area contributed by atoms with Crippen molar-refractivity contribution in [1.29, 1.82) is 0 Å². The number of nitrogens with zero attached hydrogens (tertiary/aromatic N) is 1. The minimum atomic E-state index is -0.757. The van der Waals surface area contributed by atoms with E-state index in [1.54, 1.807) is 19.1 Å². The summed E-state index contributed by atoms with van der Waals surface area (Å²) >= 11 is 0. The van der Waals surface area contributed by atoms with Crippen LogP contribution in [0.3, 0.4) is 0 Å². The first-order valence-corrected chi connectivity index (χ1v) is 6.78. The molecule has 0 aromatic heterocycles. The predicted molar refractivity (Wildman–Crippen MR) is 71.0 cm³/mol. The molecule has 0 heterocycles. The van der Waals surface area contributed by atoms with Crippen LogP contribution >= 0.6 is 0 Å². The molecule has 0 spiro atoms. The van der Waals surface area contributed by atoms with Crippen molar-refractivity contribution in [3.8, 4) is 0 Å². The highest BCUT2D eigenvalue weighted by Gasteiger charge is 2.28. The molecule has 0 bridgehead atoms. The fourth-order valence-electron chi connectivity index (χ4n) is 2.38. The lowest BCUT2D eigenvalue weighted by Crippen LogP contribution is -2.46. The average Bonchev–Trinajstić information content (AvgIpc) is 2.39. The van der Waals surface area contributed by atoms with Crippen LogP contribution in [0.25, 0.3) is 0 Å². The molecule has 2 amide bonds. The van der Waals surface area contributed by atoms with Crippen molar-refractivity contribution in [2.24, 2.45) is 5.92 Å². The van der Waals surface area contributed by atoms with E-state index in [9.17, 15) is 9.59 Å². The molecule has 6 nitrogen and oxygen atoms in total. The molecule has 0 aromatic carbocycles. The van der Waals surface area contributed by atoms with Crippen molar-refractivity contribution in [3.05, 3.63) is 0 Å². The Balaban J connectivity index is 2.32. The van der Waals surface area contributed by atoms with Gasteiger partial charge in [0.15, 0.2) is 0 Å². The van der Waals surface area contributed by atoms with Crippen LogP contribution in [0.15, 0.2) is 0 Å². The Kier molecular flexibility index (Phi) is 6.62. The van der Waals surface area contributed by atoms with E-state index < -0.39 is 5.97 Å². The van der Waals surface area contributed by atoms with Crippen LogP contribution < -0.4 is 5.32 Å². The first kappa shape index (κ1) is 15.8. The van der Waals surface area contributed by atoms with E-state index in [0.29, 0.717) is 26.0 Å². The van der Waals surface area contributed by atoms with Gasteiger partial charge >= 0.3 is 12.0 Å². The van der Waals surface area contributed by atoms with Gasteiger partial charge in [-0.05, 0) is 25.7 Å². The second kappa shape index (κ2) is 7.99. The highest BCUT2D eigenvalue weighted by molar-refractivity contribution is 5.74. The van der Waals surface area contributed by atoms with E-state index in [0.717, 1.165) is 19.3 Å². The van der Waals surface area contributed by atoms with Gasteiger partial charge in [0.1, 0.15) is 0 Å². The maximum Gasteiger partial charge on any atom is 0.317 e. The topological polar surface area (TPSA) is 78.9 Å². The Morgan fingerprint density at radius 3 is 2.79 bits per heavy atom. The molecule has 6 heteroatoms. The SMILES string of the molecule is COCCCN(C)C(=O)NC1CCCC(C(=O)O)C1. The smallest absolute Gasteiger partial charge is 0.317 e. The number of carboxylic acid groups (broad SMARTS) is 1. The van der Waals surface area contributed by atoms with Crippen LogP contribution in [0, 0.1) is 5.92 Å². The number of methoxy groups -OCH3 is 1. The van der Waals surface area contributed by atoms with Gasteiger partial charge in [-0.25, -0.2) is 4.79 Å². The molecule has 1 aliphatic rings. The van der Waals surface area contributed by atoms with Gasteiger partial charge in [-0.3, -0.25) is 4.79 Å². The summed E-state index contributed by atoms with van der Waals surface area (Å²) in [7, 11) is 3.37. The third-order valence-corrected chi connectivity index (χ3v) is 3.54. The van der Waals surface area contributed by atoms with Gasteiger partial charge in [0, 0.05) is 33.4 Å². The van der Waals surface area contributed by atoms with Crippen molar-refractivity contribution in [3.63, 3.8) is 0 Å². The van der Waals surface area contributed by atoms with E-state index >= 15 is 0 Å². The molecule has 2 N–H and O–H groups in total. The summed E-state index contributed by atoms with van der Waals surface area (Å²) in [4.78, 5) is 24.5. The number of ether oxygens (including phenoxy) is 1. The zero-order chi connectivity index (χ0) is 14.3. The third kappa shape index (κ3) is 5.46. The number of aliphatic carboxylic acids is 1. The highest BCUT2D eigenvalue weighted by atomic mass is 16.5. The normalized spacial score (nSPS) is 22.8. The quantitative estimate of drug-likeness (QED) is 0.714. The molecule has 2 atom stereocenters. The van der Waals surface area contributed by atoms with Crippen LogP contribution in [0.2, 0.25) is 0 Å². The first-order valence-electron chi connectivity index (χ1n) is 6.78. The summed E-state index contributed by atoms with van der Waals surface area (Å²) in [5, 5.41) is 11.9. The Bertz CT molecular complexity index is 309. The second-order valence-electron chi connectivity index (χ2n) is 5.12. The van der Waals surface area contributed by atoms with Gasteiger partial charge in [0.05, 0.1) is 5.92 Å². The number of carboxylic acids is 1. The molecular weight excluding hydrogens is 248 g/mol. The zero-order valence-electron chi connectivity index (χ0n) is 11.7. The summed E-state index contributed by atoms with van der Waals surface area (Å²) in [6.07, 6.45) is 3.76. The van der Waals surface area contributed by atoms with Crippen molar-refractivity contribution < 1.29 is 19.4 Å². The maximum absolute atomic E-state index is 11.9. The second-order valence-corrected chi connectivity index (χ2v) is 5.12. The van der Waals surface area contributed by atoms with Crippen molar-refractivity contribution >= 4 is 12.0 Å². The van der Waals surface area contributed by atoms with Crippen LogP contribution in [0.1, 0.15) is 32.1 Å². The summed E-state index contributed by atoms with van der Waals surface area (Å²) in [6, 6.07) is -0.153. The monoisotopic (exact) mass is 272 g/mol. The summed E-state index contributed by atoms with van der Waals surface area (Å²) in [6.45, 7) is 1.26. The van der Waals surface area contributed by atoms with Gasteiger partial charge in [0.25, 0.3) is 0 Å². The van der Waals surface area contributed by atoms with Crippen LogP contribution in [-0.4, -0.2) is 55.4 Å². The largest absolute Gasteiger partial charge is 0.481 e. The fraction of sp³-hybridized carbons (Fsp3) is 0.846. The van der Waals surface area contributed by atoms with Crippen molar-refractivity contribution in [1.82, 2.24) is 10.2 Å². The molecule has 19 heavy (non-hydrogen) atoms. The lowest BCUT2D eigenvalue weighted by Gasteiger charge is -2.29. The molecule has 1 saturated carbocycles. The lowest BCUT2D eigenvalue weighted by atomic mass is 9.86. The van der Waals surface area contributed by atoms with Crippen molar-refractivity contribution in [2.45, 2.75) is 38.1 Å². The molecule has 2 unspecified atom stereocenters. The standard InChI is InChI=1S/C13H24N2O4/c1-15(7-4-8-19-2)13(18)14-11-6-3-5-10(9-11)12(16)17/h10-11H,3-9H2,1-2H3,(H,14,18)(H,16,17). The summed E-state index contributed by atoms with van der Waals surface area (Å²) in [5.74, 6) is -1.08. The molecule has 0 saturated heterocycles. The van der Waals surface area contributed by atoms with Crippen molar-refractivity contribution in [2.75, 3.05) is 27.3 Å². The van der Waals surface area contributed by atoms with E-state index in [-0.39, 0.29) is 18.0 Å². The molecule has 0 aromatic rings. The number of nitrogens with one attached hydrogen (secondary N) is 1. The number of carbonyl (C=O) groups excluding carboxylic acids is 1. The zero-order valence-corrected chi connectivity index (χ0v) is 11.7. The van der Waals surface area contributed by atoms with Gasteiger partial charge < -0.3 is 20.1 Å². The van der Waals surface area contributed by atoms with E-state index in [2.05, 4.69) is 5.32 Å². The Morgan fingerprint density at radius 2 is 2.16 bits per heavy atom. The average molecular weight is 272 g/mol. The van der Waals surface area contributed by atoms with E-state index in [4.69, 9.17) is 9.84 Å². The molecule has 0 radical (unpaired) electrons. The van der Waals surface area contributed by atoms with Gasteiger partial charge in [-0.2, -0.15) is 0 Å². The van der Waals surface area contributed by atoms with Gasteiger partial charge in [-0.1, -0.05) is 6.42 Å². The molecule has 0 aliphatic heterocycles. The molecule has 1 rings (SSSR count).